The lowest BCUT2D eigenvalue weighted by atomic mass is 9.91. The molecule has 5 heteroatoms. The summed E-state index contributed by atoms with van der Waals surface area (Å²) in [5, 5.41) is 7.22. The Balaban J connectivity index is 1.46. The molecule has 22 heavy (non-hydrogen) atoms. The zero-order valence-electron chi connectivity index (χ0n) is 12.3. The van der Waals surface area contributed by atoms with Crippen LogP contribution in [0.2, 0.25) is 0 Å². The third-order valence-electron chi connectivity index (χ3n) is 4.15. The Labute approximate surface area is 133 Å². The molecule has 1 aliphatic heterocycles. The van der Waals surface area contributed by atoms with E-state index in [1.165, 1.54) is 17.7 Å². The van der Waals surface area contributed by atoms with Crippen LogP contribution in [-0.2, 0) is 6.54 Å². The lowest BCUT2D eigenvalue weighted by Gasteiger charge is -2.31. The van der Waals surface area contributed by atoms with E-state index in [2.05, 4.69) is 22.1 Å². The van der Waals surface area contributed by atoms with Crippen molar-refractivity contribution in [2.45, 2.75) is 25.3 Å². The number of hydrogen-bond donors (Lipinski definition) is 1. The van der Waals surface area contributed by atoms with Crippen LogP contribution in [0.5, 0.6) is 0 Å². The molecule has 0 radical (unpaired) electrons. The molecule has 1 fully saturated rings. The van der Waals surface area contributed by atoms with Crippen LogP contribution in [-0.4, -0.2) is 24.0 Å². The van der Waals surface area contributed by atoms with Crippen LogP contribution in [0.3, 0.4) is 0 Å². The van der Waals surface area contributed by atoms with Gasteiger partial charge in [0.1, 0.15) is 5.82 Å². The van der Waals surface area contributed by atoms with Crippen molar-refractivity contribution in [1.82, 2.24) is 10.2 Å². The minimum atomic E-state index is -0.259. The van der Waals surface area contributed by atoms with Crippen LogP contribution in [0.25, 0.3) is 0 Å². The average Bonchev–Trinajstić information content (AvgIpc) is 3.09. The summed E-state index contributed by atoms with van der Waals surface area (Å²) < 4.78 is 12.8. The third-order valence-corrected chi connectivity index (χ3v) is 4.86. The topological polar surface area (TPSA) is 32.3 Å². The van der Waals surface area contributed by atoms with Gasteiger partial charge in [0.15, 0.2) is 0 Å². The molecule has 0 spiro atoms. The lowest BCUT2D eigenvalue weighted by Crippen LogP contribution is -2.43. The number of thiophene rings is 1. The van der Waals surface area contributed by atoms with Gasteiger partial charge in [-0.15, -0.1) is 0 Å². The molecule has 3 rings (SSSR count). The molecule has 1 aliphatic rings. The van der Waals surface area contributed by atoms with Gasteiger partial charge in [-0.3, -0.25) is 0 Å². The second kappa shape index (κ2) is 6.92. The molecule has 1 N–H and O–H groups in total. The smallest absolute Gasteiger partial charge is 0.317 e. The summed E-state index contributed by atoms with van der Waals surface area (Å²) >= 11 is 1.73. The van der Waals surface area contributed by atoms with Crippen molar-refractivity contribution in [2.24, 2.45) is 0 Å². The summed E-state index contributed by atoms with van der Waals surface area (Å²) in [5.74, 6) is 0.318. The first kappa shape index (κ1) is 15.0. The van der Waals surface area contributed by atoms with Gasteiger partial charge in [-0.1, -0.05) is 12.1 Å². The van der Waals surface area contributed by atoms with E-state index in [9.17, 15) is 9.18 Å². The number of carbonyl (C=O) groups excluding carboxylic acids is 1. The fourth-order valence-electron chi connectivity index (χ4n) is 2.81. The predicted molar refractivity (Wildman–Crippen MR) is 86.5 cm³/mol. The molecule has 2 aromatic rings. The highest BCUT2D eigenvalue weighted by atomic mass is 32.1. The van der Waals surface area contributed by atoms with E-state index in [0.29, 0.717) is 12.5 Å². The van der Waals surface area contributed by atoms with Crippen molar-refractivity contribution in [3.8, 4) is 0 Å². The van der Waals surface area contributed by atoms with E-state index in [1.54, 1.807) is 23.5 Å². The fraction of sp³-hybridized carbons (Fsp3) is 0.353. The summed E-state index contributed by atoms with van der Waals surface area (Å²) in [5.41, 5.74) is 2.30. The minimum Gasteiger partial charge on any atom is -0.334 e. The van der Waals surface area contributed by atoms with Crippen molar-refractivity contribution >= 4 is 17.4 Å². The molecule has 3 nitrogen and oxygen atoms in total. The number of nitrogens with one attached hydrogen (secondary N) is 1. The first-order chi connectivity index (χ1) is 10.7. The fourth-order valence-corrected chi connectivity index (χ4v) is 3.56. The highest BCUT2D eigenvalue weighted by Crippen LogP contribution is 2.29. The molecule has 1 aromatic heterocycles. The van der Waals surface area contributed by atoms with Gasteiger partial charge < -0.3 is 10.2 Å². The monoisotopic (exact) mass is 318 g/mol. The SMILES string of the molecule is O=C(NCc1ccc(F)cc1)N1CCC(c2ccsc2)CC1. The minimum absolute atomic E-state index is 0.0342. The quantitative estimate of drug-likeness (QED) is 0.912. The number of likely N-dealkylation sites (tertiary alicyclic amines) is 1. The second-order valence-electron chi connectivity index (χ2n) is 5.60. The molecule has 1 aromatic carbocycles. The first-order valence-corrected chi connectivity index (χ1v) is 8.46. The highest BCUT2D eigenvalue weighted by Gasteiger charge is 2.23. The number of urea groups is 1. The Bertz CT molecular complexity index is 604. The molecule has 116 valence electrons. The number of hydrogen-bond acceptors (Lipinski definition) is 2. The van der Waals surface area contributed by atoms with Crippen LogP contribution in [0.15, 0.2) is 41.1 Å². The standard InChI is InChI=1S/C17H19FN2OS/c18-16-3-1-13(2-4-16)11-19-17(21)20-8-5-14(6-9-20)15-7-10-22-12-15/h1-4,7,10,12,14H,5-6,8-9,11H2,(H,19,21). The molecule has 0 atom stereocenters. The number of halogens is 1. The van der Waals surface area contributed by atoms with Crippen LogP contribution < -0.4 is 5.32 Å². The molecule has 0 aliphatic carbocycles. The normalized spacial score (nSPS) is 15.8. The van der Waals surface area contributed by atoms with E-state index in [0.717, 1.165) is 31.5 Å². The molecular formula is C17H19FN2OS. The molecule has 0 unspecified atom stereocenters. The first-order valence-electron chi connectivity index (χ1n) is 7.51. The molecule has 1 saturated heterocycles. The maximum absolute atomic E-state index is 12.8. The van der Waals surface area contributed by atoms with Gasteiger partial charge in [0.25, 0.3) is 0 Å². The van der Waals surface area contributed by atoms with Crippen molar-refractivity contribution < 1.29 is 9.18 Å². The highest BCUT2D eigenvalue weighted by molar-refractivity contribution is 7.07. The van der Waals surface area contributed by atoms with Gasteiger partial charge in [0.2, 0.25) is 0 Å². The molecule has 2 amide bonds. The van der Waals surface area contributed by atoms with Crippen LogP contribution in [0.1, 0.15) is 29.9 Å². The largest absolute Gasteiger partial charge is 0.334 e. The Kier molecular flexibility index (Phi) is 4.73. The number of nitrogens with zero attached hydrogens (tertiary/aromatic N) is 1. The summed E-state index contributed by atoms with van der Waals surface area (Å²) in [6, 6.07) is 8.35. The van der Waals surface area contributed by atoms with Crippen LogP contribution in [0, 0.1) is 5.82 Å². The average molecular weight is 318 g/mol. The Morgan fingerprint density at radius 1 is 1.23 bits per heavy atom. The van der Waals surface area contributed by atoms with Gasteiger partial charge in [0, 0.05) is 19.6 Å². The Hall–Kier alpha value is -1.88. The summed E-state index contributed by atoms with van der Waals surface area (Å²) in [7, 11) is 0. The second-order valence-corrected chi connectivity index (χ2v) is 6.38. The lowest BCUT2D eigenvalue weighted by molar-refractivity contribution is 0.181. The van der Waals surface area contributed by atoms with Gasteiger partial charge in [-0.25, -0.2) is 9.18 Å². The zero-order valence-corrected chi connectivity index (χ0v) is 13.1. The number of amides is 2. The van der Waals surface area contributed by atoms with E-state index in [-0.39, 0.29) is 11.8 Å². The summed E-state index contributed by atoms with van der Waals surface area (Å²) in [4.78, 5) is 14.0. The van der Waals surface area contributed by atoms with Gasteiger partial charge in [0.05, 0.1) is 0 Å². The third kappa shape index (κ3) is 3.65. The Morgan fingerprint density at radius 2 is 1.95 bits per heavy atom. The van der Waals surface area contributed by atoms with Gasteiger partial charge in [-0.05, 0) is 58.8 Å². The van der Waals surface area contributed by atoms with E-state index < -0.39 is 0 Å². The van der Waals surface area contributed by atoms with Gasteiger partial charge >= 0.3 is 6.03 Å². The predicted octanol–water partition coefficient (Wildman–Crippen LogP) is 3.98. The van der Waals surface area contributed by atoms with Gasteiger partial charge in [-0.2, -0.15) is 11.3 Å². The Morgan fingerprint density at radius 3 is 2.59 bits per heavy atom. The maximum Gasteiger partial charge on any atom is 0.317 e. The number of benzene rings is 1. The molecule has 2 heterocycles. The maximum atomic E-state index is 12.8. The zero-order chi connectivity index (χ0) is 15.4. The van der Waals surface area contributed by atoms with Crippen LogP contribution in [0.4, 0.5) is 9.18 Å². The molecule has 0 bridgehead atoms. The van der Waals surface area contributed by atoms with Crippen molar-refractivity contribution in [3.63, 3.8) is 0 Å². The van der Waals surface area contributed by atoms with Crippen molar-refractivity contribution in [1.29, 1.82) is 0 Å². The number of rotatable bonds is 3. The summed E-state index contributed by atoms with van der Waals surface area (Å²) in [6.07, 6.45) is 2.03. The molecular weight excluding hydrogens is 299 g/mol. The number of carbonyl (C=O) groups is 1. The number of piperidine rings is 1. The van der Waals surface area contributed by atoms with E-state index in [4.69, 9.17) is 0 Å². The van der Waals surface area contributed by atoms with Crippen molar-refractivity contribution in [3.05, 3.63) is 58.0 Å². The summed E-state index contributed by atoms with van der Waals surface area (Å²) in [6.45, 7) is 2.01. The van der Waals surface area contributed by atoms with Crippen molar-refractivity contribution in [2.75, 3.05) is 13.1 Å². The van der Waals surface area contributed by atoms with E-state index in [1.807, 2.05) is 4.90 Å². The van der Waals surface area contributed by atoms with E-state index >= 15 is 0 Å². The van der Waals surface area contributed by atoms with Crippen LogP contribution >= 0.6 is 11.3 Å². The molecule has 0 saturated carbocycles.